The maximum absolute atomic E-state index is 11.8. The fourth-order valence-corrected chi connectivity index (χ4v) is 3.45. The number of thiazole rings is 1. The van der Waals surface area contributed by atoms with E-state index in [4.69, 9.17) is 0 Å². The van der Waals surface area contributed by atoms with E-state index in [2.05, 4.69) is 41.5 Å². The van der Waals surface area contributed by atoms with Gasteiger partial charge in [0.2, 0.25) is 5.91 Å². The van der Waals surface area contributed by atoms with Crippen LogP contribution in [-0.2, 0) is 4.79 Å². The van der Waals surface area contributed by atoms with Crippen molar-refractivity contribution < 1.29 is 4.79 Å². The molecule has 1 aromatic carbocycles. The van der Waals surface area contributed by atoms with E-state index < -0.39 is 0 Å². The van der Waals surface area contributed by atoms with Crippen molar-refractivity contribution in [1.82, 2.24) is 4.98 Å². The van der Waals surface area contributed by atoms with E-state index in [0.29, 0.717) is 11.6 Å². The van der Waals surface area contributed by atoms with Gasteiger partial charge in [0.25, 0.3) is 0 Å². The van der Waals surface area contributed by atoms with Gasteiger partial charge in [-0.25, -0.2) is 4.98 Å². The zero-order valence-corrected chi connectivity index (χ0v) is 14.2. The van der Waals surface area contributed by atoms with Gasteiger partial charge in [0.15, 0.2) is 5.13 Å². The Hall–Kier alpha value is -1.33. The molecular formula is C16H20N2OS2. The summed E-state index contributed by atoms with van der Waals surface area (Å²) in [4.78, 5) is 18.6. The summed E-state index contributed by atoms with van der Waals surface area (Å²) in [6.07, 6.45) is 1.41. The molecule has 0 bridgehead atoms. The Kier molecular flexibility index (Phi) is 5.82. The van der Waals surface area contributed by atoms with Crippen molar-refractivity contribution >= 4 is 34.1 Å². The monoisotopic (exact) mass is 320 g/mol. The Morgan fingerprint density at radius 1 is 1.24 bits per heavy atom. The van der Waals surface area contributed by atoms with Crippen molar-refractivity contribution in [1.29, 1.82) is 0 Å². The predicted octanol–water partition coefficient (Wildman–Crippen LogP) is 4.58. The molecule has 2 rings (SSSR count). The molecule has 5 heteroatoms. The number of benzene rings is 1. The second kappa shape index (κ2) is 7.61. The highest BCUT2D eigenvalue weighted by atomic mass is 32.2. The molecular weight excluding hydrogens is 300 g/mol. The number of hydrogen-bond acceptors (Lipinski definition) is 4. The van der Waals surface area contributed by atoms with Crippen LogP contribution in [0.2, 0.25) is 0 Å². The quantitative estimate of drug-likeness (QED) is 0.626. The highest BCUT2D eigenvalue weighted by Crippen LogP contribution is 2.22. The van der Waals surface area contributed by atoms with Crippen molar-refractivity contribution in [3.63, 3.8) is 0 Å². The van der Waals surface area contributed by atoms with Gasteiger partial charge in [-0.3, -0.25) is 4.79 Å². The maximum Gasteiger partial charge on any atom is 0.226 e. The first-order valence-electron chi connectivity index (χ1n) is 6.98. The number of aromatic nitrogens is 1. The van der Waals surface area contributed by atoms with Crippen LogP contribution in [0.15, 0.2) is 29.2 Å². The summed E-state index contributed by atoms with van der Waals surface area (Å²) in [7, 11) is 0. The molecule has 1 N–H and O–H groups in total. The van der Waals surface area contributed by atoms with E-state index in [-0.39, 0.29) is 5.91 Å². The van der Waals surface area contributed by atoms with Crippen LogP contribution in [-0.4, -0.2) is 16.6 Å². The highest BCUT2D eigenvalue weighted by molar-refractivity contribution is 7.99. The molecule has 1 heterocycles. The molecule has 21 heavy (non-hydrogen) atoms. The SMILES string of the molecule is Cc1ccc(SCCCC(=O)Nc2nc(C)c(C)s2)cc1. The van der Waals surface area contributed by atoms with Gasteiger partial charge in [-0.15, -0.1) is 23.1 Å². The van der Waals surface area contributed by atoms with Crippen LogP contribution in [0.4, 0.5) is 5.13 Å². The topological polar surface area (TPSA) is 42.0 Å². The summed E-state index contributed by atoms with van der Waals surface area (Å²) < 4.78 is 0. The molecule has 0 radical (unpaired) electrons. The third kappa shape index (κ3) is 5.17. The molecule has 0 aliphatic rings. The van der Waals surface area contributed by atoms with Crippen molar-refractivity contribution in [2.75, 3.05) is 11.1 Å². The minimum absolute atomic E-state index is 0.0493. The van der Waals surface area contributed by atoms with Gasteiger partial charge < -0.3 is 5.32 Å². The summed E-state index contributed by atoms with van der Waals surface area (Å²) in [6, 6.07) is 8.48. The van der Waals surface area contributed by atoms with E-state index in [1.807, 2.05) is 13.8 Å². The third-order valence-electron chi connectivity index (χ3n) is 3.11. The molecule has 0 atom stereocenters. The Morgan fingerprint density at radius 3 is 2.57 bits per heavy atom. The number of aryl methyl sites for hydroxylation is 3. The van der Waals surface area contributed by atoms with Crippen LogP contribution in [0.3, 0.4) is 0 Å². The fourth-order valence-electron chi connectivity index (χ4n) is 1.77. The lowest BCUT2D eigenvalue weighted by molar-refractivity contribution is -0.116. The second-order valence-electron chi connectivity index (χ2n) is 4.97. The molecule has 0 saturated carbocycles. The van der Waals surface area contributed by atoms with Crippen LogP contribution in [0.1, 0.15) is 29.0 Å². The summed E-state index contributed by atoms with van der Waals surface area (Å²) in [5.41, 5.74) is 2.26. The average molecular weight is 320 g/mol. The molecule has 2 aromatic rings. The Labute approximate surface area is 134 Å². The second-order valence-corrected chi connectivity index (χ2v) is 7.35. The standard InChI is InChI=1S/C16H20N2OS2/c1-11-6-8-14(9-7-11)20-10-4-5-15(19)18-16-17-12(2)13(3)21-16/h6-9H,4-5,10H2,1-3H3,(H,17,18,19). The van der Waals surface area contributed by atoms with Gasteiger partial charge in [0.1, 0.15) is 0 Å². The van der Waals surface area contributed by atoms with Crippen molar-refractivity contribution in [3.8, 4) is 0 Å². The number of nitrogens with one attached hydrogen (secondary N) is 1. The van der Waals surface area contributed by atoms with Gasteiger partial charge in [-0.05, 0) is 45.1 Å². The summed E-state index contributed by atoms with van der Waals surface area (Å²) in [5, 5.41) is 3.58. The van der Waals surface area contributed by atoms with Crippen LogP contribution >= 0.6 is 23.1 Å². The van der Waals surface area contributed by atoms with Gasteiger partial charge in [-0.1, -0.05) is 17.7 Å². The lowest BCUT2D eigenvalue weighted by Gasteiger charge is -2.03. The normalized spacial score (nSPS) is 10.6. The van der Waals surface area contributed by atoms with Crippen molar-refractivity contribution in [3.05, 3.63) is 40.4 Å². The number of rotatable bonds is 6. The van der Waals surface area contributed by atoms with Crippen LogP contribution < -0.4 is 5.32 Å². The molecule has 112 valence electrons. The first-order valence-corrected chi connectivity index (χ1v) is 8.78. The minimum atomic E-state index is 0.0493. The number of carbonyl (C=O) groups excluding carboxylic acids is 1. The van der Waals surface area contributed by atoms with Crippen molar-refractivity contribution in [2.45, 2.75) is 38.5 Å². The summed E-state index contributed by atoms with van der Waals surface area (Å²) in [6.45, 7) is 6.06. The molecule has 0 fully saturated rings. The molecule has 1 amide bonds. The van der Waals surface area contributed by atoms with Gasteiger partial charge in [0.05, 0.1) is 5.69 Å². The van der Waals surface area contributed by atoms with Crippen LogP contribution in [0, 0.1) is 20.8 Å². The molecule has 0 aliphatic heterocycles. The lowest BCUT2D eigenvalue weighted by atomic mass is 10.2. The number of amides is 1. The lowest BCUT2D eigenvalue weighted by Crippen LogP contribution is -2.11. The number of anilines is 1. The van der Waals surface area contributed by atoms with Crippen LogP contribution in [0.5, 0.6) is 0 Å². The molecule has 0 unspecified atom stereocenters. The van der Waals surface area contributed by atoms with Gasteiger partial charge >= 0.3 is 0 Å². The first kappa shape index (κ1) is 16.0. The van der Waals surface area contributed by atoms with E-state index >= 15 is 0 Å². The zero-order chi connectivity index (χ0) is 15.2. The maximum atomic E-state index is 11.8. The predicted molar refractivity (Wildman–Crippen MR) is 91.4 cm³/mol. The largest absolute Gasteiger partial charge is 0.302 e. The molecule has 0 saturated heterocycles. The minimum Gasteiger partial charge on any atom is -0.302 e. The summed E-state index contributed by atoms with van der Waals surface area (Å²) in [5.74, 6) is 1.00. The van der Waals surface area contributed by atoms with E-state index in [9.17, 15) is 4.79 Å². The van der Waals surface area contributed by atoms with Gasteiger partial charge in [-0.2, -0.15) is 0 Å². The molecule has 0 spiro atoms. The Bertz CT molecular complexity index is 586. The van der Waals surface area contributed by atoms with Crippen molar-refractivity contribution in [2.24, 2.45) is 0 Å². The zero-order valence-electron chi connectivity index (χ0n) is 12.6. The smallest absolute Gasteiger partial charge is 0.226 e. The molecule has 3 nitrogen and oxygen atoms in total. The molecule has 1 aromatic heterocycles. The number of thioether (sulfide) groups is 1. The first-order chi connectivity index (χ1) is 10.0. The van der Waals surface area contributed by atoms with E-state index in [1.165, 1.54) is 21.8 Å². The van der Waals surface area contributed by atoms with E-state index in [1.54, 1.807) is 11.8 Å². The highest BCUT2D eigenvalue weighted by Gasteiger charge is 2.07. The summed E-state index contributed by atoms with van der Waals surface area (Å²) >= 11 is 3.32. The molecule has 0 aliphatic carbocycles. The van der Waals surface area contributed by atoms with Gasteiger partial charge in [0, 0.05) is 16.2 Å². The number of carbonyl (C=O) groups is 1. The number of nitrogens with zero attached hydrogens (tertiary/aromatic N) is 1. The fraction of sp³-hybridized carbons (Fsp3) is 0.375. The Balaban J connectivity index is 1.68. The number of hydrogen-bond donors (Lipinski definition) is 1. The average Bonchev–Trinajstić information content (AvgIpc) is 2.75. The van der Waals surface area contributed by atoms with Crippen LogP contribution in [0.25, 0.3) is 0 Å². The third-order valence-corrected chi connectivity index (χ3v) is 5.20. The van der Waals surface area contributed by atoms with E-state index in [0.717, 1.165) is 22.7 Å². The Morgan fingerprint density at radius 2 is 1.95 bits per heavy atom.